The average molecular weight is 592 g/mol. The smallest absolute Gasteiger partial charge is 0.0828 e. The van der Waals surface area contributed by atoms with Crippen LogP contribution in [0, 0.1) is 0 Å². The summed E-state index contributed by atoms with van der Waals surface area (Å²) in [6, 6.07) is 8.25. The van der Waals surface area contributed by atoms with E-state index in [-0.39, 0.29) is 0 Å². The molecular formula is C36H66ClN3O. The van der Waals surface area contributed by atoms with Gasteiger partial charge in [-0.3, -0.25) is 4.90 Å². The molecule has 238 valence electrons. The molecule has 1 aliphatic heterocycles. The lowest BCUT2D eigenvalue weighted by molar-refractivity contribution is -0.0443. The van der Waals surface area contributed by atoms with E-state index in [1.54, 1.807) is 0 Å². The minimum atomic E-state index is 0.466. The molecule has 0 spiro atoms. The summed E-state index contributed by atoms with van der Waals surface area (Å²) in [4.78, 5) is 4.76. The molecule has 5 heteroatoms. The molecule has 1 aliphatic rings. The number of nitrogens with zero attached hydrogens (tertiary/aromatic N) is 2. The third-order valence-corrected chi connectivity index (χ3v) is 5.94. The number of allylic oxidation sites excluding steroid dienone is 4. The molecule has 0 aliphatic carbocycles. The Kier molecular flexibility index (Phi) is 39.9. The fourth-order valence-corrected chi connectivity index (χ4v) is 3.72. The van der Waals surface area contributed by atoms with Gasteiger partial charge in [0.1, 0.15) is 0 Å². The van der Waals surface area contributed by atoms with Crippen molar-refractivity contribution in [2.24, 2.45) is 0 Å². The van der Waals surface area contributed by atoms with E-state index in [0.29, 0.717) is 12.1 Å². The second-order valence-corrected chi connectivity index (χ2v) is 8.60. The lowest BCUT2D eigenvalue weighted by atomic mass is 10.1. The van der Waals surface area contributed by atoms with Crippen molar-refractivity contribution in [1.82, 2.24) is 9.80 Å². The van der Waals surface area contributed by atoms with E-state index in [4.69, 9.17) is 16.3 Å². The molecule has 1 heterocycles. The number of hydrogen-bond donors (Lipinski definition) is 1. The monoisotopic (exact) mass is 591 g/mol. The fraction of sp³-hybridized carbons (Fsp3) is 0.583. The molecule has 1 aromatic carbocycles. The zero-order valence-electron chi connectivity index (χ0n) is 28.9. The van der Waals surface area contributed by atoms with Crippen molar-refractivity contribution >= 4 is 17.3 Å². The van der Waals surface area contributed by atoms with Gasteiger partial charge in [-0.1, -0.05) is 111 Å². The Bertz CT molecular complexity index is 794. The predicted octanol–water partition coefficient (Wildman–Crippen LogP) is 10.7. The Balaban J connectivity index is -0.000000231. The van der Waals surface area contributed by atoms with Crippen LogP contribution in [0.2, 0.25) is 5.02 Å². The second kappa shape index (κ2) is 35.8. The second-order valence-electron chi connectivity index (χ2n) is 8.19. The van der Waals surface area contributed by atoms with Crippen LogP contribution in [0.25, 0.3) is 0 Å². The van der Waals surface area contributed by atoms with Gasteiger partial charge in [-0.2, -0.15) is 0 Å². The lowest BCUT2D eigenvalue weighted by Crippen LogP contribution is -2.51. The SMILES string of the molecule is C=C/C(=C/C)N(CCC)C(C)CC.C=C=C/C=C/CN1CC(OCC)C1.CC.CC.CC.CNc1ccccc1Cl. The van der Waals surface area contributed by atoms with Crippen molar-refractivity contribution in [2.75, 3.05) is 45.2 Å². The van der Waals surface area contributed by atoms with Gasteiger partial charge in [0, 0.05) is 51.6 Å². The standard InChI is InChI=1S/C12H23N.C11H17NO.C7H8ClN.3C2H6/c1-6-10-13(11(5)7-2)12(8-3)9-4;1-3-5-6-7-8-12-9-11(10-12)13-4-2;1-9-7-5-3-2-4-6(7)8;3*1-2/h8-9,11H,3,6-7,10H2,1-2,4-5H3;5-7,11H,1,4,8-10H2,2H3;2-5,9H,1H3;3*1-2H3/b12-9-;7-6+;;;;. The summed E-state index contributed by atoms with van der Waals surface area (Å²) < 4.78 is 5.44. The molecule has 0 bridgehead atoms. The summed E-state index contributed by atoms with van der Waals surface area (Å²) in [6.45, 7) is 35.2. The van der Waals surface area contributed by atoms with Gasteiger partial charge < -0.3 is 15.0 Å². The first kappa shape index (κ1) is 45.7. The van der Waals surface area contributed by atoms with E-state index < -0.39 is 0 Å². The molecule has 41 heavy (non-hydrogen) atoms. The molecule has 1 unspecified atom stereocenters. The van der Waals surface area contributed by atoms with Crippen LogP contribution in [-0.4, -0.2) is 61.8 Å². The molecular weight excluding hydrogens is 526 g/mol. The fourth-order valence-electron chi connectivity index (χ4n) is 3.49. The maximum atomic E-state index is 5.76. The van der Waals surface area contributed by atoms with Gasteiger partial charge in [-0.05, 0) is 57.9 Å². The minimum absolute atomic E-state index is 0.466. The summed E-state index contributed by atoms with van der Waals surface area (Å²) in [6.07, 6.45) is 12.8. The van der Waals surface area contributed by atoms with Gasteiger partial charge in [0.05, 0.1) is 16.8 Å². The number of benzene rings is 1. The molecule has 2 rings (SSSR count). The van der Waals surface area contributed by atoms with E-state index in [1.807, 2.05) is 98.0 Å². The highest BCUT2D eigenvalue weighted by atomic mass is 35.5. The zero-order valence-corrected chi connectivity index (χ0v) is 29.7. The number of halogens is 1. The number of ether oxygens (including phenoxy) is 1. The van der Waals surface area contributed by atoms with Crippen LogP contribution in [0.4, 0.5) is 5.69 Å². The first-order valence-corrected chi connectivity index (χ1v) is 16.1. The normalized spacial score (nSPS) is 12.8. The van der Waals surface area contributed by atoms with E-state index >= 15 is 0 Å². The van der Waals surface area contributed by atoms with E-state index in [0.717, 1.165) is 43.5 Å². The first-order valence-electron chi connectivity index (χ1n) is 15.7. The van der Waals surface area contributed by atoms with E-state index in [9.17, 15) is 0 Å². The third-order valence-electron chi connectivity index (χ3n) is 5.61. The van der Waals surface area contributed by atoms with Crippen LogP contribution in [-0.2, 0) is 4.74 Å². The Labute approximate surface area is 261 Å². The van der Waals surface area contributed by atoms with Crippen molar-refractivity contribution in [2.45, 2.75) is 101 Å². The van der Waals surface area contributed by atoms with Gasteiger partial charge in [0.25, 0.3) is 0 Å². The number of rotatable bonds is 12. The molecule has 0 saturated carbocycles. The van der Waals surface area contributed by atoms with Gasteiger partial charge in [0.2, 0.25) is 0 Å². The molecule has 4 nitrogen and oxygen atoms in total. The highest BCUT2D eigenvalue weighted by Crippen LogP contribution is 2.19. The average Bonchev–Trinajstić information content (AvgIpc) is 3.01. The molecule has 0 radical (unpaired) electrons. The molecule has 1 aromatic rings. The highest BCUT2D eigenvalue weighted by Gasteiger charge is 2.25. The lowest BCUT2D eigenvalue weighted by Gasteiger charge is -2.37. The van der Waals surface area contributed by atoms with Crippen molar-refractivity contribution in [3.05, 3.63) is 84.3 Å². The van der Waals surface area contributed by atoms with Crippen LogP contribution in [0.3, 0.4) is 0 Å². The van der Waals surface area contributed by atoms with Crippen LogP contribution in [0.1, 0.15) is 89.0 Å². The Morgan fingerprint density at radius 2 is 1.73 bits per heavy atom. The Morgan fingerprint density at radius 3 is 2.12 bits per heavy atom. The highest BCUT2D eigenvalue weighted by molar-refractivity contribution is 6.33. The predicted molar refractivity (Wildman–Crippen MR) is 190 cm³/mol. The van der Waals surface area contributed by atoms with Crippen molar-refractivity contribution in [3.63, 3.8) is 0 Å². The number of anilines is 1. The summed E-state index contributed by atoms with van der Waals surface area (Å²) in [7, 11) is 1.85. The molecule has 1 fully saturated rings. The van der Waals surface area contributed by atoms with Gasteiger partial charge in [0.15, 0.2) is 0 Å². The third kappa shape index (κ3) is 24.1. The summed E-state index contributed by atoms with van der Waals surface area (Å²) in [5.41, 5.74) is 4.93. The van der Waals surface area contributed by atoms with Gasteiger partial charge in [-0.25, -0.2) is 0 Å². The number of para-hydroxylation sites is 1. The molecule has 1 saturated heterocycles. The van der Waals surface area contributed by atoms with Crippen molar-refractivity contribution in [1.29, 1.82) is 0 Å². The first-order chi connectivity index (χ1) is 19.9. The Hall–Kier alpha value is -2.23. The summed E-state index contributed by atoms with van der Waals surface area (Å²) >= 11 is 5.76. The maximum Gasteiger partial charge on any atom is 0.0828 e. The van der Waals surface area contributed by atoms with Crippen molar-refractivity contribution in [3.8, 4) is 0 Å². The largest absolute Gasteiger partial charge is 0.387 e. The zero-order chi connectivity index (χ0) is 32.5. The molecule has 1 N–H and O–H groups in total. The number of hydrogen-bond acceptors (Lipinski definition) is 4. The van der Waals surface area contributed by atoms with Crippen LogP contribution in [0.15, 0.2) is 79.2 Å². The van der Waals surface area contributed by atoms with Crippen molar-refractivity contribution < 1.29 is 4.74 Å². The molecule has 0 aromatic heterocycles. The van der Waals surface area contributed by atoms with Crippen LogP contribution < -0.4 is 5.32 Å². The van der Waals surface area contributed by atoms with Crippen LogP contribution in [0.5, 0.6) is 0 Å². The molecule has 1 atom stereocenters. The Morgan fingerprint density at radius 1 is 1.15 bits per heavy atom. The number of likely N-dealkylation sites (tertiary alicyclic amines) is 1. The van der Waals surface area contributed by atoms with Gasteiger partial charge >= 0.3 is 0 Å². The van der Waals surface area contributed by atoms with Gasteiger partial charge in [-0.15, -0.1) is 5.73 Å². The summed E-state index contributed by atoms with van der Waals surface area (Å²) in [5, 5.41) is 3.73. The minimum Gasteiger partial charge on any atom is -0.387 e. The molecule has 0 amide bonds. The topological polar surface area (TPSA) is 27.7 Å². The van der Waals surface area contributed by atoms with E-state index in [1.165, 1.54) is 18.5 Å². The maximum absolute atomic E-state index is 5.76. The summed E-state index contributed by atoms with van der Waals surface area (Å²) in [5.74, 6) is 0. The number of nitrogens with one attached hydrogen (secondary N) is 1. The quantitative estimate of drug-likeness (QED) is 0.193. The van der Waals surface area contributed by atoms with Crippen LogP contribution >= 0.6 is 11.6 Å². The van der Waals surface area contributed by atoms with E-state index in [2.05, 4.69) is 73.9 Å².